The van der Waals surface area contributed by atoms with E-state index in [0.29, 0.717) is 22.8 Å². The predicted octanol–water partition coefficient (Wildman–Crippen LogP) is 2.14. The molecule has 1 amide bonds. The van der Waals surface area contributed by atoms with Gasteiger partial charge in [0.15, 0.2) is 11.5 Å². The molecule has 0 aliphatic carbocycles. The zero-order valence-corrected chi connectivity index (χ0v) is 13.4. The quantitative estimate of drug-likeness (QED) is 0.643. The Kier molecular flexibility index (Phi) is 6.26. The van der Waals surface area contributed by atoms with E-state index in [1.165, 1.54) is 27.4 Å². The number of carbonyl (C=O) groups is 1. The van der Waals surface area contributed by atoms with Crippen molar-refractivity contribution in [2.45, 2.75) is 19.9 Å². The molecule has 0 bridgehead atoms. The highest BCUT2D eigenvalue weighted by atomic mass is 16.5. The van der Waals surface area contributed by atoms with Gasteiger partial charge >= 0.3 is 0 Å². The van der Waals surface area contributed by atoms with E-state index in [4.69, 9.17) is 19.5 Å². The third-order valence-electron chi connectivity index (χ3n) is 2.78. The number of rotatable bonds is 6. The van der Waals surface area contributed by atoms with Crippen LogP contribution in [0.4, 0.5) is 0 Å². The number of methoxy groups -OCH3 is 3. The molecular weight excluding hydrogens is 284 g/mol. The molecule has 0 aliphatic rings. The van der Waals surface area contributed by atoms with Gasteiger partial charge in [-0.2, -0.15) is 5.26 Å². The molecule has 22 heavy (non-hydrogen) atoms. The monoisotopic (exact) mass is 304 g/mol. The molecule has 1 aromatic rings. The number of carbonyl (C=O) groups excluding carboxylic acids is 1. The minimum Gasteiger partial charge on any atom is -0.493 e. The van der Waals surface area contributed by atoms with E-state index in [9.17, 15) is 4.79 Å². The fourth-order valence-electron chi connectivity index (χ4n) is 1.84. The number of nitriles is 1. The van der Waals surface area contributed by atoms with Crippen LogP contribution in [0, 0.1) is 11.3 Å². The number of benzene rings is 1. The highest BCUT2D eigenvalue weighted by molar-refractivity contribution is 6.01. The normalized spacial score (nSPS) is 10.9. The average Bonchev–Trinajstić information content (AvgIpc) is 2.50. The summed E-state index contributed by atoms with van der Waals surface area (Å²) >= 11 is 0. The van der Waals surface area contributed by atoms with Crippen molar-refractivity contribution in [3.8, 4) is 23.3 Å². The molecule has 1 aromatic carbocycles. The lowest BCUT2D eigenvalue weighted by Gasteiger charge is -2.13. The molecule has 0 fully saturated rings. The number of nitrogens with one attached hydrogen (secondary N) is 1. The summed E-state index contributed by atoms with van der Waals surface area (Å²) < 4.78 is 15.7. The molecule has 1 N–H and O–H groups in total. The molecule has 0 saturated carbocycles. The maximum atomic E-state index is 11.9. The van der Waals surface area contributed by atoms with Gasteiger partial charge in [-0.25, -0.2) is 0 Å². The highest BCUT2D eigenvalue weighted by Crippen LogP contribution is 2.38. The van der Waals surface area contributed by atoms with Crippen LogP contribution in [0.5, 0.6) is 17.2 Å². The van der Waals surface area contributed by atoms with Crippen LogP contribution in [0.2, 0.25) is 0 Å². The minimum atomic E-state index is -0.425. The lowest BCUT2D eigenvalue weighted by molar-refractivity contribution is -0.117. The maximum absolute atomic E-state index is 11.9. The van der Waals surface area contributed by atoms with E-state index in [1.54, 1.807) is 12.1 Å². The first-order chi connectivity index (χ1) is 10.5. The number of ether oxygens (including phenoxy) is 3. The van der Waals surface area contributed by atoms with Crippen molar-refractivity contribution in [3.05, 3.63) is 23.3 Å². The largest absolute Gasteiger partial charge is 0.493 e. The van der Waals surface area contributed by atoms with E-state index in [1.807, 2.05) is 19.9 Å². The molecule has 0 spiro atoms. The summed E-state index contributed by atoms with van der Waals surface area (Å²) in [6.07, 6.45) is 1.47. The summed E-state index contributed by atoms with van der Waals surface area (Å²) in [6.45, 7) is 3.65. The van der Waals surface area contributed by atoms with Gasteiger partial charge in [-0.15, -0.1) is 0 Å². The Morgan fingerprint density at radius 2 is 1.73 bits per heavy atom. The van der Waals surface area contributed by atoms with Gasteiger partial charge in [-0.1, -0.05) is 0 Å². The van der Waals surface area contributed by atoms with Crippen LogP contribution in [-0.4, -0.2) is 33.3 Å². The van der Waals surface area contributed by atoms with Gasteiger partial charge in [0.05, 0.1) is 21.3 Å². The Balaban J connectivity index is 3.28. The van der Waals surface area contributed by atoms with Gasteiger partial charge in [0, 0.05) is 6.04 Å². The van der Waals surface area contributed by atoms with Crippen molar-refractivity contribution in [1.82, 2.24) is 5.32 Å². The Hall–Kier alpha value is -2.68. The molecule has 0 unspecified atom stereocenters. The first kappa shape index (κ1) is 17.4. The van der Waals surface area contributed by atoms with Gasteiger partial charge in [0.1, 0.15) is 11.6 Å². The summed E-state index contributed by atoms with van der Waals surface area (Å²) in [4.78, 5) is 11.9. The van der Waals surface area contributed by atoms with Crippen LogP contribution >= 0.6 is 0 Å². The number of hydrogen-bond acceptors (Lipinski definition) is 5. The lowest BCUT2D eigenvalue weighted by Crippen LogP contribution is -2.30. The molecule has 0 atom stereocenters. The molecule has 0 saturated heterocycles. The predicted molar refractivity (Wildman–Crippen MR) is 83.0 cm³/mol. The molecule has 0 heterocycles. The lowest BCUT2D eigenvalue weighted by atomic mass is 10.1. The van der Waals surface area contributed by atoms with Crippen LogP contribution < -0.4 is 19.5 Å². The van der Waals surface area contributed by atoms with Crippen LogP contribution in [0.1, 0.15) is 19.4 Å². The number of amides is 1. The number of nitrogens with zero attached hydrogens (tertiary/aromatic N) is 1. The van der Waals surface area contributed by atoms with Crippen molar-refractivity contribution in [3.63, 3.8) is 0 Å². The van der Waals surface area contributed by atoms with Crippen molar-refractivity contribution in [2.75, 3.05) is 21.3 Å². The summed E-state index contributed by atoms with van der Waals surface area (Å²) in [6, 6.07) is 5.18. The fraction of sp³-hybridized carbons (Fsp3) is 0.375. The summed E-state index contributed by atoms with van der Waals surface area (Å²) in [7, 11) is 4.51. The standard InChI is InChI=1S/C16H20N2O4/c1-10(2)18-16(19)12(9-17)6-11-7-13(20-3)15(22-5)14(8-11)21-4/h6-8,10H,1-5H3,(H,18,19). The molecule has 118 valence electrons. The smallest absolute Gasteiger partial charge is 0.262 e. The SMILES string of the molecule is COc1cc(C=C(C#N)C(=O)NC(C)C)cc(OC)c1OC. The second kappa shape index (κ2) is 7.93. The third kappa shape index (κ3) is 4.16. The number of hydrogen-bond donors (Lipinski definition) is 1. The minimum absolute atomic E-state index is 0.00275. The topological polar surface area (TPSA) is 80.6 Å². The Labute approximate surface area is 130 Å². The van der Waals surface area contributed by atoms with Crippen LogP contribution in [0.25, 0.3) is 6.08 Å². The van der Waals surface area contributed by atoms with Crippen molar-refractivity contribution < 1.29 is 19.0 Å². The van der Waals surface area contributed by atoms with Gasteiger partial charge in [-0.3, -0.25) is 4.79 Å². The second-order valence-electron chi connectivity index (χ2n) is 4.76. The van der Waals surface area contributed by atoms with E-state index >= 15 is 0 Å². The Bertz CT molecular complexity index is 590. The van der Waals surface area contributed by atoms with Gasteiger partial charge in [-0.05, 0) is 37.6 Å². The molecular formula is C16H20N2O4. The molecule has 6 nitrogen and oxygen atoms in total. The van der Waals surface area contributed by atoms with Crippen molar-refractivity contribution >= 4 is 12.0 Å². The fourth-order valence-corrected chi connectivity index (χ4v) is 1.84. The van der Waals surface area contributed by atoms with Crippen molar-refractivity contribution in [1.29, 1.82) is 5.26 Å². The van der Waals surface area contributed by atoms with E-state index in [-0.39, 0.29) is 11.6 Å². The second-order valence-corrected chi connectivity index (χ2v) is 4.76. The zero-order valence-electron chi connectivity index (χ0n) is 13.4. The van der Waals surface area contributed by atoms with E-state index in [2.05, 4.69) is 5.32 Å². The summed E-state index contributed by atoms with van der Waals surface area (Å²) in [5.41, 5.74) is 0.605. The van der Waals surface area contributed by atoms with Crippen LogP contribution in [0.3, 0.4) is 0 Å². The van der Waals surface area contributed by atoms with Crippen molar-refractivity contribution in [2.24, 2.45) is 0 Å². The Morgan fingerprint density at radius 1 is 1.18 bits per heavy atom. The summed E-state index contributed by atoms with van der Waals surface area (Å²) in [5.74, 6) is 0.933. The van der Waals surface area contributed by atoms with Gasteiger partial charge in [0.25, 0.3) is 5.91 Å². The molecule has 0 aromatic heterocycles. The van der Waals surface area contributed by atoms with E-state index in [0.717, 1.165) is 0 Å². The maximum Gasteiger partial charge on any atom is 0.262 e. The van der Waals surface area contributed by atoms with Gasteiger partial charge < -0.3 is 19.5 Å². The molecule has 0 aliphatic heterocycles. The zero-order chi connectivity index (χ0) is 16.7. The first-order valence-corrected chi connectivity index (χ1v) is 6.69. The van der Waals surface area contributed by atoms with Crippen LogP contribution in [0.15, 0.2) is 17.7 Å². The Morgan fingerprint density at radius 3 is 2.09 bits per heavy atom. The molecule has 0 radical (unpaired) electrons. The first-order valence-electron chi connectivity index (χ1n) is 6.69. The summed E-state index contributed by atoms with van der Waals surface area (Å²) in [5, 5.41) is 11.8. The average molecular weight is 304 g/mol. The van der Waals surface area contributed by atoms with Gasteiger partial charge in [0.2, 0.25) is 5.75 Å². The molecule has 6 heteroatoms. The van der Waals surface area contributed by atoms with Crippen LogP contribution in [-0.2, 0) is 4.79 Å². The third-order valence-corrected chi connectivity index (χ3v) is 2.78. The molecule has 1 rings (SSSR count). The van der Waals surface area contributed by atoms with E-state index < -0.39 is 5.91 Å². The highest BCUT2D eigenvalue weighted by Gasteiger charge is 2.15.